The predicted octanol–water partition coefficient (Wildman–Crippen LogP) is 4.54. The Kier molecular flexibility index (Phi) is 5.12. The molecular weight excluding hydrogens is 313 g/mol. The lowest BCUT2D eigenvalue weighted by molar-refractivity contribution is -0.110. The Hall–Kier alpha value is -1.42. The highest BCUT2D eigenvalue weighted by atomic mass is 35.5. The monoisotopic (exact) mass is 323 g/mol. The van der Waals surface area contributed by atoms with Gasteiger partial charge >= 0.3 is 0 Å². The second-order valence-corrected chi connectivity index (χ2v) is 5.48. The van der Waals surface area contributed by atoms with E-state index in [1.165, 1.54) is 0 Å². The third-order valence-electron chi connectivity index (χ3n) is 2.64. The van der Waals surface area contributed by atoms with Crippen molar-refractivity contribution in [3.05, 3.63) is 64.1 Å². The number of hydrogen-bond donors (Lipinski definition) is 1. The number of nitrogens with one attached hydrogen (secondary N) is 1. The molecule has 0 aromatic heterocycles. The minimum atomic E-state index is -0.303. The van der Waals surface area contributed by atoms with Gasteiger partial charge in [0.25, 0.3) is 5.91 Å². The maximum atomic E-state index is 12.0. The van der Waals surface area contributed by atoms with Crippen LogP contribution in [0.15, 0.2) is 48.5 Å². The smallest absolute Gasteiger partial charge is 0.262 e. The molecule has 0 aliphatic carbocycles. The van der Waals surface area contributed by atoms with E-state index in [0.29, 0.717) is 27.0 Å². The first-order chi connectivity index (χ1) is 9.56. The zero-order chi connectivity index (χ0) is 14.5. The Labute approximate surface area is 132 Å². The van der Waals surface area contributed by atoms with Crippen LogP contribution in [0.1, 0.15) is 5.56 Å². The van der Waals surface area contributed by atoms with Crippen LogP contribution in [0.3, 0.4) is 0 Å². The number of anilines is 1. The van der Waals surface area contributed by atoms with Crippen molar-refractivity contribution in [3.8, 4) is 0 Å². The lowest BCUT2D eigenvalue weighted by Crippen LogP contribution is -2.22. The normalized spacial score (nSPS) is 10.1. The molecule has 0 aliphatic heterocycles. The van der Waals surface area contributed by atoms with E-state index in [9.17, 15) is 4.79 Å². The third kappa shape index (κ3) is 4.04. The maximum absolute atomic E-state index is 12.0. The fraction of sp³-hybridized carbons (Fsp3) is 0.0667. The summed E-state index contributed by atoms with van der Waals surface area (Å²) in [6, 6.07) is 14.5. The first-order valence-electron chi connectivity index (χ1n) is 5.89. The summed E-state index contributed by atoms with van der Waals surface area (Å²) in [5.74, 6) is -0.303. The molecule has 1 N–H and O–H groups in total. The predicted molar refractivity (Wildman–Crippen MR) is 87.8 cm³/mol. The first kappa shape index (κ1) is 15.0. The zero-order valence-corrected chi connectivity index (χ0v) is 12.7. The molecule has 0 saturated heterocycles. The maximum Gasteiger partial charge on any atom is 0.262 e. The van der Waals surface area contributed by atoms with Gasteiger partial charge in [-0.15, -0.1) is 0 Å². The molecule has 1 amide bonds. The quantitative estimate of drug-likeness (QED) is 0.836. The molecule has 2 rings (SSSR count). The highest BCUT2D eigenvalue weighted by Crippen LogP contribution is 2.25. The molecule has 0 radical (unpaired) electrons. The van der Waals surface area contributed by atoms with Crippen LogP contribution in [-0.2, 0) is 11.2 Å². The lowest BCUT2D eigenvalue weighted by Gasteiger charge is -2.07. The fourth-order valence-electron chi connectivity index (χ4n) is 1.64. The van der Waals surface area contributed by atoms with Crippen molar-refractivity contribution in [1.29, 1.82) is 0 Å². The average molecular weight is 324 g/mol. The number of rotatable bonds is 4. The largest absolute Gasteiger partial charge is 0.321 e. The van der Waals surface area contributed by atoms with Crippen LogP contribution in [0.4, 0.5) is 5.69 Å². The summed E-state index contributed by atoms with van der Waals surface area (Å²) in [5, 5.41) is 3.54. The van der Waals surface area contributed by atoms with Crippen molar-refractivity contribution in [2.45, 2.75) is 6.42 Å². The molecule has 0 atom stereocenters. The molecule has 20 heavy (non-hydrogen) atoms. The van der Waals surface area contributed by atoms with Gasteiger partial charge < -0.3 is 5.32 Å². The number of benzene rings is 2. The molecule has 0 unspecified atom stereocenters. The number of thiocarbonyl (C=S) groups is 1. The topological polar surface area (TPSA) is 29.1 Å². The van der Waals surface area contributed by atoms with Crippen LogP contribution in [0.25, 0.3) is 0 Å². The van der Waals surface area contributed by atoms with E-state index in [1.54, 1.807) is 18.2 Å². The van der Waals surface area contributed by atoms with E-state index in [1.807, 2.05) is 30.3 Å². The van der Waals surface area contributed by atoms with Crippen LogP contribution in [0, 0.1) is 0 Å². The van der Waals surface area contributed by atoms with Crippen LogP contribution < -0.4 is 5.32 Å². The van der Waals surface area contributed by atoms with E-state index < -0.39 is 0 Å². The average Bonchev–Trinajstić information content (AvgIpc) is 2.44. The zero-order valence-electron chi connectivity index (χ0n) is 10.4. The molecule has 0 fully saturated rings. The summed E-state index contributed by atoms with van der Waals surface area (Å²) in [6.07, 6.45) is 0.434. The van der Waals surface area contributed by atoms with Gasteiger partial charge in [0.2, 0.25) is 0 Å². The van der Waals surface area contributed by atoms with Crippen molar-refractivity contribution in [2.75, 3.05) is 5.32 Å². The van der Waals surface area contributed by atoms with Crippen molar-refractivity contribution in [2.24, 2.45) is 0 Å². The van der Waals surface area contributed by atoms with Crippen LogP contribution >= 0.6 is 35.4 Å². The molecule has 5 heteroatoms. The number of amides is 1. The van der Waals surface area contributed by atoms with Crippen LogP contribution in [0.2, 0.25) is 10.0 Å². The van der Waals surface area contributed by atoms with Gasteiger partial charge in [-0.1, -0.05) is 65.8 Å². The molecule has 0 saturated carbocycles. The van der Waals surface area contributed by atoms with Gasteiger partial charge in [0.1, 0.15) is 0 Å². The molecule has 0 spiro atoms. The summed E-state index contributed by atoms with van der Waals surface area (Å²) in [6.45, 7) is 0. The molecule has 0 bridgehead atoms. The van der Waals surface area contributed by atoms with Gasteiger partial charge in [0.15, 0.2) is 0 Å². The number of carbonyl (C=O) groups excluding carboxylic acids is 1. The highest BCUT2D eigenvalue weighted by molar-refractivity contribution is 7.82. The minimum Gasteiger partial charge on any atom is -0.321 e. The second kappa shape index (κ2) is 6.84. The Morgan fingerprint density at radius 3 is 2.40 bits per heavy atom. The Balaban J connectivity index is 2.01. The van der Waals surface area contributed by atoms with Crippen LogP contribution in [0.5, 0.6) is 0 Å². The Morgan fingerprint density at radius 2 is 1.75 bits per heavy atom. The lowest BCUT2D eigenvalue weighted by atomic mass is 10.1. The SMILES string of the molecule is O=C(Nc1ccc(Cl)c(Cl)c1)C(=S)Cc1ccccc1. The van der Waals surface area contributed by atoms with E-state index >= 15 is 0 Å². The Bertz CT molecular complexity index is 644. The first-order valence-corrected chi connectivity index (χ1v) is 7.06. The molecule has 0 aliphatic rings. The molecule has 0 heterocycles. The summed E-state index contributed by atoms with van der Waals surface area (Å²) < 4.78 is 0. The van der Waals surface area contributed by atoms with Crippen molar-refractivity contribution in [1.82, 2.24) is 0 Å². The van der Waals surface area contributed by atoms with Crippen molar-refractivity contribution in [3.63, 3.8) is 0 Å². The summed E-state index contributed by atoms with van der Waals surface area (Å²) in [7, 11) is 0. The van der Waals surface area contributed by atoms with E-state index in [2.05, 4.69) is 5.32 Å². The number of hydrogen-bond acceptors (Lipinski definition) is 2. The summed E-state index contributed by atoms with van der Waals surface area (Å²) in [4.78, 5) is 12.3. The molecule has 2 aromatic carbocycles. The molecule has 102 valence electrons. The third-order valence-corrected chi connectivity index (χ3v) is 3.71. The summed E-state index contributed by atoms with van der Waals surface area (Å²) >= 11 is 16.9. The number of halogens is 2. The van der Waals surface area contributed by atoms with E-state index in [4.69, 9.17) is 35.4 Å². The molecule has 2 nitrogen and oxygen atoms in total. The molecule has 2 aromatic rings. The van der Waals surface area contributed by atoms with Gasteiger partial charge in [-0.3, -0.25) is 4.79 Å². The van der Waals surface area contributed by atoms with Crippen molar-refractivity contribution < 1.29 is 4.79 Å². The summed E-state index contributed by atoms with van der Waals surface area (Å²) in [5.41, 5.74) is 1.57. The van der Waals surface area contributed by atoms with Gasteiger partial charge in [0.05, 0.1) is 14.9 Å². The number of carbonyl (C=O) groups is 1. The fourth-order valence-corrected chi connectivity index (χ4v) is 2.15. The molecular formula is C15H11Cl2NOS. The van der Waals surface area contributed by atoms with Crippen molar-refractivity contribution >= 4 is 51.9 Å². The minimum absolute atomic E-state index is 0.303. The highest BCUT2D eigenvalue weighted by Gasteiger charge is 2.11. The van der Waals surface area contributed by atoms with Gasteiger partial charge in [-0.25, -0.2) is 0 Å². The Morgan fingerprint density at radius 1 is 1.05 bits per heavy atom. The van der Waals surface area contributed by atoms with Gasteiger partial charge in [-0.05, 0) is 23.8 Å². The standard InChI is InChI=1S/C15H11Cl2NOS/c16-12-7-6-11(9-13(12)17)18-15(19)14(20)8-10-4-2-1-3-5-10/h1-7,9H,8H2,(H,18,19). The van der Waals surface area contributed by atoms with Gasteiger partial charge in [0, 0.05) is 12.1 Å². The van der Waals surface area contributed by atoms with Crippen LogP contribution in [-0.4, -0.2) is 10.8 Å². The van der Waals surface area contributed by atoms with Gasteiger partial charge in [-0.2, -0.15) is 0 Å². The van der Waals surface area contributed by atoms with E-state index in [-0.39, 0.29) is 5.91 Å². The van der Waals surface area contributed by atoms with E-state index in [0.717, 1.165) is 5.56 Å². The second-order valence-electron chi connectivity index (χ2n) is 4.17.